The highest BCUT2D eigenvalue weighted by molar-refractivity contribution is 6.32. The van der Waals surface area contributed by atoms with Gasteiger partial charge < -0.3 is 14.4 Å². The molecule has 0 N–H and O–H groups in total. The van der Waals surface area contributed by atoms with E-state index in [4.69, 9.17) is 21.1 Å². The molecule has 0 aliphatic carbocycles. The molecule has 1 amide bonds. The third-order valence-corrected chi connectivity index (χ3v) is 3.47. The molecule has 5 heteroatoms. The molecule has 2 rings (SSSR count). The number of amides is 1. The van der Waals surface area contributed by atoms with E-state index in [1.165, 1.54) is 6.08 Å². The van der Waals surface area contributed by atoms with Crippen LogP contribution in [0.1, 0.15) is 19.4 Å². The molecule has 0 atom stereocenters. The second-order valence-corrected chi connectivity index (χ2v) is 5.58. The predicted octanol–water partition coefficient (Wildman–Crippen LogP) is 3.55. The number of benzene rings is 1. The number of carbonyl (C=O) groups is 1. The lowest BCUT2D eigenvalue weighted by molar-refractivity contribution is -0.125. The Morgan fingerprint density at radius 2 is 2.14 bits per heavy atom. The normalized spacial score (nSPS) is 13.2. The summed E-state index contributed by atoms with van der Waals surface area (Å²) in [6.07, 6.45) is 3.27. The van der Waals surface area contributed by atoms with Gasteiger partial charge in [-0.05, 0) is 37.6 Å². The molecule has 4 nitrogen and oxygen atoms in total. The van der Waals surface area contributed by atoms with Gasteiger partial charge in [-0.15, -0.1) is 0 Å². The maximum Gasteiger partial charge on any atom is 0.246 e. The van der Waals surface area contributed by atoms with Gasteiger partial charge in [0.2, 0.25) is 5.91 Å². The molecule has 0 saturated carbocycles. The molecule has 0 aromatic heterocycles. The summed E-state index contributed by atoms with van der Waals surface area (Å²) in [6.45, 7) is 9.87. The van der Waals surface area contributed by atoms with E-state index in [0.29, 0.717) is 42.8 Å². The molecule has 1 aromatic rings. The van der Waals surface area contributed by atoms with Crippen molar-refractivity contribution in [2.24, 2.45) is 0 Å². The van der Waals surface area contributed by atoms with Crippen molar-refractivity contribution in [2.75, 3.05) is 26.3 Å². The predicted molar refractivity (Wildman–Crippen MR) is 88.5 cm³/mol. The Hall–Kier alpha value is -1.94. The van der Waals surface area contributed by atoms with E-state index < -0.39 is 0 Å². The first kappa shape index (κ1) is 16.4. The number of hydrogen-bond acceptors (Lipinski definition) is 3. The molecule has 0 radical (unpaired) electrons. The van der Waals surface area contributed by atoms with Crippen LogP contribution in [0.25, 0.3) is 6.08 Å². The molecule has 1 aliphatic heterocycles. The van der Waals surface area contributed by atoms with Gasteiger partial charge in [-0.25, -0.2) is 0 Å². The largest absolute Gasteiger partial charge is 0.486 e. The van der Waals surface area contributed by atoms with Gasteiger partial charge in [0.15, 0.2) is 11.5 Å². The van der Waals surface area contributed by atoms with Crippen LogP contribution in [0.15, 0.2) is 30.4 Å². The first-order valence-corrected chi connectivity index (χ1v) is 7.59. The second-order valence-electron chi connectivity index (χ2n) is 5.17. The van der Waals surface area contributed by atoms with Crippen molar-refractivity contribution in [1.29, 1.82) is 0 Å². The molecule has 0 bridgehead atoms. The van der Waals surface area contributed by atoms with E-state index in [-0.39, 0.29) is 5.91 Å². The molecule has 1 aromatic carbocycles. The molecule has 0 unspecified atom stereocenters. The van der Waals surface area contributed by atoms with Gasteiger partial charge in [-0.3, -0.25) is 4.79 Å². The average molecular weight is 322 g/mol. The topological polar surface area (TPSA) is 38.8 Å². The summed E-state index contributed by atoms with van der Waals surface area (Å²) in [6, 6.07) is 3.58. The number of hydrogen-bond donors (Lipinski definition) is 0. The lowest BCUT2D eigenvalue weighted by Crippen LogP contribution is -2.30. The lowest BCUT2D eigenvalue weighted by atomic mass is 10.1. The number of carbonyl (C=O) groups excluding carboxylic acids is 1. The average Bonchev–Trinajstić information content (AvgIpc) is 2.50. The maximum absolute atomic E-state index is 12.2. The van der Waals surface area contributed by atoms with Crippen LogP contribution in [-0.4, -0.2) is 37.1 Å². The zero-order chi connectivity index (χ0) is 16.1. The standard InChI is InChI=1S/C17H20ClNO3/c1-4-19(11-12(2)3)16(20)6-5-13-9-14(18)17-15(10-13)21-7-8-22-17/h5-6,9-10H,2,4,7-8,11H2,1,3H3. The van der Waals surface area contributed by atoms with Crippen molar-refractivity contribution in [2.45, 2.75) is 13.8 Å². The second kappa shape index (κ2) is 7.36. The third kappa shape index (κ3) is 4.04. The molecule has 118 valence electrons. The summed E-state index contributed by atoms with van der Waals surface area (Å²) >= 11 is 6.18. The fourth-order valence-electron chi connectivity index (χ4n) is 2.17. The van der Waals surface area contributed by atoms with Crippen LogP contribution < -0.4 is 9.47 Å². The van der Waals surface area contributed by atoms with Crippen LogP contribution >= 0.6 is 11.6 Å². The van der Waals surface area contributed by atoms with Crippen LogP contribution in [0, 0.1) is 0 Å². The highest BCUT2D eigenvalue weighted by atomic mass is 35.5. The van der Waals surface area contributed by atoms with Crippen LogP contribution in [0.2, 0.25) is 5.02 Å². The number of halogens is 1. The lowest BCUT2D eigenvalue weighted by Gasteiger charge is -2.20. The number of fused-ring (bicyclic) bond motifs is 1. The van der Waals surface area contributed by atoms with Crippen molar-refractivity contribution in [1.82, 2.24) is 4.90 Å². The summed E-state index contributed by atoms with van der Waals surface area (Å²) < 4.78 is 11.0. The Balaban J connectivity index is 2.14. The summed E-state index contributed by atoms with van der Waals surface area (Å²) in [4.78, 5) is 13.9. The Bertz CT molecular complexity index is 610. The van der Waals surface area contributed by atoms with Crippen molar-refractivity contribution >= 4 is 23.6 Å². The summed E-state index contributed by atoms with van der Waals surface area (Å²) in [5.74, 6) is 1.12. The van der Waals surface area contributed by atoms with E-state index in [9.17, 15) is 4.79 Å². The van der Waals surface area contributed by atoms with Crippen LogP contribution in [-0.2, 0) is 4.79 Å². The van der Waals surface area contributed by atoms with Crippen molar-refractivity contribution in [3.8, 4) is 11.5 Å². The van der Waals surface area contributed by atoms with Gasteiger partial charge in [0.05, 0.1) is 5.02 Å². The van der Waals surface area contributed by atoms with E-state index in [0.717, 1.165) is 11.1 Å². The molecule has 0 spiro atoms. The minimum atomic E-state index is -0.0588. The molecule has 0 fully saturated rings. The Morgan fingerprint density at radius 1 is 1.41 bits per heavy atom. The quantitative estimate of drug-likeness (QED) is 0.615. The highest BCUT2D eigenvalue weighted by Gasteiger charge is 2.16. The highest BCUT2D eigenvalue weighted by Crippen LogP contribution is 2.38. The number of ether oxygens (including phenoxy) is 2. The fraction of sp³-hybridized carbons (Fsp3) is 0.353. The third-order valence-electron chi connectivity index (χ3n) is 3.19. The van der Waals surface area contributed by atoms with E-state index in [1.807, 2.05) is 19.9 Å². The first-order valence-electron chi connectivity index (χ1n) is 7.21. The van der Waals surface area contributed by atoms with E-state index in [2.05, 4.69) is 6.58 Å². The van der Waals surface area contributed by atoms with Gasteiger partial charge in [-0.2, -0.15) is 0 Å². The van der Waals surface area contributed by atoms with E-state index in [1.54, 1.807) is 17.0 Å². The van der Waals surface area contributed by atoms with Gasteiger partial charge in [-0.1, -0.05) is 23.8 Å². The monoisotopic (exact) mass is 321 g/mol. The molecule has 1 heterocycles. The number of nitrogens with zero attached hydrogens (tertiary/aromatic N) is 1. The van der Waals surface area contributed by atoms with Crippen LogP contribution in [0.4, 0.5) is 0 Å². The minimum absolute atomic E-state index is 0.0588. The van der Waals surface area contributed by atoms with E-state index >= 15 is 0 Å². The Morgan fingerprint density at radius 3 is 2.82 bits per heavy atom. The van der Waals surface area contributed by atoms with Crippen molar-refractivity contribution in [3.05, 3.63) is 40.9 Å². The van der Waals surface area contributed by atoms with Gasteiger partial charge >= 0.3 is 0 Å². The fourth-order valence-corrected chi connectivity index (χ4v) is 2.44. The first-order chi connectivity index (χ1) is 10.5. The maximum atomic E-state index is 12.2. The molecule has 0 saturated heterocycles. The van der Waals surface area contributed by atoms with Gasteiger partial charge in [0.1, 0.15) is 13.2 Å². The zero-order valence-electron chi connectivity index (χ0n) is 12.9. The van der Waals surface area contributed by atoms with Crippen LogP contribution in [0.5, 0.6) is 11.5 Å². The molecule has 1 aliphatic rings. The van der Waals surface area contributed by atoms with Crippen molar-refractivity contribution in [3.63, 3.8) is 0 Å². The zero-order valence-corrected chi connectivity index (χ0v) is 13.7. The SMILES string of the molecule is C=C(C)CN(CC)C(=O)C=Cc1cc(Cl)c2c(c1)OCCO2. The summed E-state index contributed by atoms with van der Waals surface area (Å²) in [5.41, 5.74) is 1.75. The Kier molecular flexibility index (Phi) is 5.50. The molecule has 22 heavy (non-hydrogen) atoms. The van der Waals surface area contributed by atoms with Crippen LogP contribution in [0.3, 0.4) is 0 Å². The van der Waals surface area contributed by atoms with Gasteiger partial charge in [0, 0.05) is 19.2 Å². The minimum Gasteiger partial charge on any atom is -0.486 e. The Labute approximate surface area is 136 Å². The molecular weight excluding hydrogens is 302 g/mol. The smallest absolute Gasteiger partial charge is 0.246 e. The van der Waals surface area contributed by atoms with Crippen molar-refractivity contribution < 1.29 is 14.3 Å². The molecular formula is C17H20ClNO3. The number of rotatable bonds is 5. The summed E-state index contributed by atoms with van der Waals surface area (Å²) in [5, 5.41) is 0.485. The number of likely N-dealkylation sites (N-methyl/N-ethyl adjacent to an activating group) is 1. The summed E-state index contributed by atoms with van der Waals surface area (Å²) in [7, 11) is 0. The van der Waals surface area contributed by atoms with Gasteiger partial charge in [0.25, 0.3) is 0 Å².